The van der Waals surface area contributed by atoms with E-state index < -0.39 is 0 Å². The normalized spacial score (nSPS) is 10.8. The molecule has 0 atom stereocenters. The standard InChI is InChI=1S/C20H14O2.C9H7N/c21-17-11-9-13-5-1-3-7-15(13)19(17)20-16-8-4-2-6-14(16)10-12-18(20)22;1-2-6-9-8(4-1)5-3-7-10-9/h1-12,21-22H;1-7H. The molecule has 0 aliphatic carbocycles. The number of aromatic hydroxyl groups is 2. The number of aromatic nitrogens is 1. The Kier molecular flexibility index (Phi) is 5.14. The van der Waals surface area contributed by atoms with Gasteiger partial charge in [-0.15, -0.1) is 0 Å². The zero-order valence-corrected chi connectivity index (χ0v) is 17.3. The minimum Gasteiger partial charge on any atom is -0.507 e. The number of benzene rings is 5. The number of phenolic OH excluding ortho intramolecular Hbond substituents is 2. The second-order valence-corrected chi connectivity index (χ2v) is 7.56. The second-order valence-electron chi connectivity index (χ2n) is 7.56. The molecular weight excluding hydrogens is 394 g/mol. The van der Waals surface area contributed by atoms with Crippen molar-refractivity contribution in [3.8, 4) is 22.6 Å². The van der Waals surface area contributed by atoms with Crippen LogP contribution in [0.1, 0.15) is 0 Å². The highest BCUT2D eigenvalue weighted by Gasteiger charge is 2.16. The van der Waals surface area contributed by atoms with Gasteiger partial charge >= 0.3 is 0 Å². The smallest absolute Gasteiger partial charge is 0.124 e. The van der Waals surface area contributed by atoms with Gasteiger partial charge in [-0.05, 0) is 45.8 Å². The molecule has 2 N–H and O–H groups in total. The van der Waals surface area contributed by atoms with Crippen molar-refractivity contribution in [3.63, 3.8) is 0 Å². The van der Waals surface area contributed by atoms with Crippen LogP contribution in [0, 0.1) is 0 Å². The number of fused-ring (bicyclic) bond motifs is 3. The van der Waals surface area contributed by atoms with Gasteiger partial charge in [0.05, 0.1) is 5.52 Å². The summed E-state index contributed by atoms with van der Waals surface area (Å²) >= 11 is 0. The van der Waals surface area contributed by atoms with Gasteiger partial charge in [0.25, 0.3) is 0 Å². The lowest BCUT2D eigenvalue weighted by atomic mass is 9.92. The summed E-state index contributed by atoms with van der Waals surface area (Å²) < 4.78 is 0. The fraction of sp³-hybridized carbons (Fsp3) is 0. The first-order valence-electron chi connectivity index (χ1n) is 10.4. The first-order valence-corrected chi connectivity index (χ1v) is 10.4. The molecule has 6 rings (SSSR count). The van der Waals surface area contributed by atoms with Crippen molar-refractivity contribution in [1.82, 2.24) is 4.98 Å². The molecule has 0 saturated carbocycles. The van der Waals surface area contributed by atoms with E-state index in [1.807, 2.05) is 91.1 Å². The Morgan fingerprint density at radius 1 is 0.438 bits per heavy atom. The maximum atomic E-state index is 10.4. The average Bonchev–Trinajstić information content (AvgIpc) is 2.85. The van der Waals surface area contributed by atoms with E-state index >= 15 is 0 Å². The summed E-state index contributed by atoms with van der Waals surface area (Å²) in [5, 5.41) is 26.0. The largest absolute Gasteiger partial charge is 0.507 e. The van der Waals surface area contributed by atoms with Crippen molar-refractivity contribution in [2.75, 3.05) is 0 Å². The monoisotopic (exact) mass is 415 g/mol. The van der Waals surface area contributed by atoms with Crippen LogP contribution in [0.3, 0.4) is 0 Å². The average molecular weight is 415 g/mol. The maximum Gasteiger partial charge on any atom is 0.124 e. The molecule has 5 aromatic carbocycles. The summed E-state index contributed by atoms with van der Waals surface area (Å²) in [7, 11) is 0. The zero-order chi connectivity index (χ0) is 21.9. The van der Waals surface area contributed by atoms with E-state index in [0.717, 1.165) is 27.1 Å². The molecule has 0 fully saturated rings. The lowest BCUT2D eigenvalue weighted by molar-refractivity contribution is 0.470. The van der Waals surface area contributed by atoms with E-state index in [9.17, 15) is 10.2 Å². The fourth-order valence-electron chi connectivity index (χ4n) is 4.06. The number of nitrogens with zero attached hydrogens (tertiary/aromatic N) is 1. The van der Waals surface area contributed by atoms with Crippen molar-refractivity contribution < 1.29 is 10.2 Å². The number of phenols is 2. The minimum atomic E-state index is 0.172. The summed E-state index contributed by atoms with van der Waals surface area (Å²) in [6.07, 6.45) is 1.81. The van der Waals surface area contributed by atoms with E-state index in [1.54, 1.807) is 12.1 Å². The second kappa shape index (κ2) is 8.40. The number of pyridine rings is 1. The highest BCUT2D eigenvalue weighted by Crippen LogP contribution is 2.44. The highest BCUT2D eigenvalue weighted by atomic mass is 16.3. The fourth-order valence-corrected chi connectivity index (χ4v) is 4.06. The highest BCUT2D eigenvalue weighted by molar-refractivity contribution is 6.09. The number of hydrogen-bond acceptors (Lipinski definition) is 3. The Morgan fingerprint density at radius 2 is 0.906 bits per heavy atom. The Balaban J connectivity index is 0.000000180. The molecule has 0 aliphatic rings. The number of hydrogen-bond donors (Lipinski definition) is 2. The maximum absolute atomic E-state index is 10.4. The van der Waals surface area contributed by atoms with Crippen molar-refractivity contribution in [2.24, 2.45) is 0 Å². The van der Waals surface area contributed by atoms with Crippen molar-refractivity contribution >= 4 is 32.4 Å². The van der Waals surface area contributed by atoms with Crippen LogP contribution in [0.25, 0.3) is 43.6 Å². The molecule has 32 heavy (non-hydrogen) atoms. The molecule has 3 nitrogen and oxygen atoms in total. The van der Waals surface area contributed by atoms with Crippen LogP contribution in [0.15, 0.2) is 115 Å². The number of para-hydroxylation sites is 1. The molecule has 0 amide bonds. The van der Waals surface area contributed by atoms with E-state index in [1.165, 1.54) is 5.39 Å². The molecular formula is C29H21NO2. The van der Waals surface area contributed by atoms with E-state index in [0.29, 0.717) is 11.1 Å². The summed E-state index contributed by atoms with van der Waals surface area (Å²) in [6, 6.07) is 34.9. The SMILES string of the molecule is Oc1ccc2ccccc2c1-c1c(O)ccc2ccccc12.c1ccc2ncccc2c1. The van der Waals surface area contributed by atoms with E-state index in [4.69, 9.17) is 0 Å². The summed E-state index contributed by atoms with van der Waals surface area (Å²) in [5.41, 5.74) is 2.41. The van der Waals surface area contributed by atoms with Crippen molar-refractivity contribution in [1.29, 1.82) is 0 Å². The Bertz CT molecular complexity index is 1410. The summed E-state index contributed by atoms with van der Waals surface area (Å²) in [4.78, 5) is 4.18. The third-order valence-electron chi connectivity index (χ3n) is 5.58. The molecule has 0 spiro atoms. The van der Waals surface area contributed by atoms with E-state index in [2.05, 4.69) is 17.1 Å². The van der Waals surface area contributed by atoms with Crippen molar-refractivity contribution in [3.05, 3.63) is 115 Å². The molecule has 0 saturated heterocycles. The van der Waals surface area contributed by atoms with Crippen LogP contribution >= 0.6 is 0 Å². The Labute approximate surface area is 185 Å². The molecule has 0 radical (unpaired) electrons. The first-order chi connectivity index (χ1) is 15.7. The van der Waals surface area contributed by atoms with Gasteiger partial charge in [0, 0.05) is 22.7 Å². The predicted molar refractivity (Wildman–Crippen MR) is 132 cm³/mol. The topological polar surface area (TPSA) is 53.4 Å². The van der Waals surface area contributed by atoms with E-state index in [-0.39, 0.29) is 11.5 Å². The Morgan fingerprint density at radius 3 is 1.47 bits per heavy atom. The molecule has 3 heteroatoms. The van der Waals surface area contributed by atoms with Gasteiger partial charge in [0.15, 0.2) is 0 Å². The summed E-state index contributed by atoms with van der Waals surface area (Å²) in [5.74, 6) is 0.343. The van der Waals surface area contributed by atoms with Gasteiger partial charge in [-0.25, -0.2) is 0 Å². The van der Waals surface area contributed by atoms with Crippen LogP contribution in [0.4, 0.5) is 0 Å². The van der Waals surface area contributed by atoms with Crippen LogP contribution < -0.4 is 0 Å². The zero-order valence-electron chi connectivity index (χ0n) is 17.3. The van der Waals surface area contributed by atoms with Gasteiger partial charge in [0.2, 0.25) is 0 Å². The first kappa shape index (κ1) is 19.6. The molecule has 154 valence electrons. The molecule has 0 unspecified atom stereocenters. The van der Waals surface area contributed by atoms with Crippen LogP contribution in [-0.2, 0) is 0 Å². The third-order valence-corrected chi connectivity index (χ3v) is 5.58. The molecule has 0 aliphatic heterocycles. The molecule has 1 heterocycles. The Hall–Kier alpha value is -4.37. The van der Waals surface area contributed by atoms with Gasteiger partial charge in [0.1, 0.15) is 11.5 Å². The van der Waals surface area contributed by atoms with Crippen LogP contribution in [0.5, 0.6) is 11.5 Å². The lowest BCUT2D eigenvalue weighted by Crippen LogP contribution is -1.86. The minimum absolute atomic E-state index is 0.172. The number of rotatable bonds is 1. The van der Waals surface area contributed by atoms with Gasteiger partial charge in [-0.1, -0.05) is 84.9 Å². The molecule has 0 bridgehead atoms. The van der Waals surface area contributed by atoms with Gasteiger partial charge in [-0.2, -0.15) is 0 Å². The van der Waals surface area contributed by atoms with Crippen molar-refractivity contribution in [2.45, 2.75) is 0 Å². The summed E-state index contributed by atoms with van der Waals surface area (Å²) in [6.45, 7) is 0. The predicted octanol–water partition coefficient (Wildman–Crippen LogP) is 7.31. The third kappa shape index (κ3) is 3.61. The lowest BCUT2D eigenvalue weighted by Gasteiger charge is -2.14. The van der Waals surface area contributed by atoms with Gasteiger partial charge in [-0.3, -0.25) is 4.98 Å². The van der Waals surface area contributed by atoms with Crippen LogP contribution in [-0.4, -0.2) is 15.2 Å². The molecule has 1 aromatic heterocycles. The van der Waals surface area contributed by atoms with Crippen LogP contribution in [0.2, 0.25) is 0 Å². The molecule has 6 aromatic rings. The van der Waals surface area contributed by atoms with Gasteiger partial charge < -0.3 is 10.2 Å². The quantitative estimate of drug-likeness (QED) is 0.296.